The fourth-order valence-electron chi connectivity index (χ4n) is 4.82. The van der Waals surface area contributed by atoms with E-state index in [0.717, 1.165) is 6.54 Å². The van der Waals surface area contributed by atoms with Gasteiger partial charge in [-0.3, -0.25) is 14.1 Å². The highest BCUT2D eigenvalue weighted by molar-refractivity contribution is 5.93. The van der Waals surface area contributed by atoms with Crippen molar-refractivity contribution in [3.8, 4) is 17.0 Å². The third-order valence-corrected chi connectivity index (χ3v) is 6.88. The molecule has 4 aromatic heterocycles. The van der Waals surface area contributed by atoms with Gasteiger partial charge in [-0.05, 0) is 6.42 Å². The van der Waals surface area contributed by atoms with Gasteiger partial charge in [-0.1, -0.05) is 0 Å². The predicted octanol–water partition coefficient (Wildman–Crippen LogP) is 1.17. The van der Waals surface area contributed by atoms with E-state index in [1.807, 2.05) is 0 Å². The van der Waals surface area contributed by atoms with Crippen molar-refractivity contribution < 1.29 is 23.0 Å². The number of nitrogens with zero attached hydrogens (tertiary/aromatic N) is 7. The molecule has 2 aliphatic rings. The van der Waals surface area contributed by atoms with Gasteiger partial charge in [0.05, 0.1) is 50.4 Å². The van der Waals surface area contributed by atoms with Crippen LogP contribution in [0.5, 0.6) is 5.88 Å². The lowest BCUT2D eigenvalue weighted by Gasteiger charge is -2.42. The van der Waals surface area contributed by atoms with Crippen molar-refractivity contribution in [3.63, 3.8) is 0 Å². The molecule has 0 aliphatic carbocycles. The van der Waals surface area contributed by atoms with Crippen LogP contribution in [-0.2, 0) is 4.74 Å². The van der Waals surface area contributed by atoms with Crippen molar-refractivity contribution in [2.45, 2.75) is 24.7 Å². The van der Waals surface area contributed by atoms with Crippen molar-refractivity contribution in [2.75, 3.05) is 45.8 Å². The lowest BCUT2D eigenvalue weighted by Crippen LogP contribution is -2.57. The standard InChI is InChI=1S/C23H25F2N9O3/c1-26-20(35)17-6-28-23-27-5-12(7-33(17)23)18-15(25)9-34-19(18)21(36-2)30-22(31-34)29-16-3-4-32(8-14(16)24)13-10-37-11-13/h5-7,9,13-14,16H,3-4,8,10-11H2,1-2H3,(H,26,35)(H,29,31)/t14-,16-/m1/s1. The molecule has 0 unspecified atom stereocenters. The molecule has 4 aromatic rings. The number of aromatic nitrogens is 6. The number of ether oxygens (including phenoxy) is 2. The Bertz CT molecular complexity index is 1490. The number of methoxy groups -OCH3 is 1. The van der Waals surface area contributed by atoms with Crippen molar-refractivity contribution >= 4 is 23.1 Å². The maximum Gasteiger partial charge on any atom is 0.269 e. The third-order valence-electron chi connectivity index (χ3n) is 6.88. The van der Waals surface area contributed by atoms with Gasteiger partial charge < -0.3 is 20.1 Å². The van der Waals surface area contributed by atoms with Crippen molar-refractivity contribution in [3.05, 3.63) is 36.3 Å². The number of carbonyl (C=O) groups excluding carboxylic acids is 1. The van der Waals surface area contributed by atoms with Gasteiger partial charge in [-0.2, -0.15) is 4.98 Å². The maximum atomic E-state index is 15.3. The summed E-state index contributed by atoms with van der Waals surface area (Å²) >= 11 is 0. The Kier molecular flexibility index (Phi) is 5.83. The van der Waals surface area contributed by atoms with E-state index >= 15 is 4.39 Å². The van der Waals surface area contributed by atoms with Gasteiger partial charge in [0.1, 0.15) is 17.4 Å². The number of hydrogen-bond donors (Lipinski definition) is 2. The zero-order valence-corrected chi connectivity index (χ0v) is 20.2. The van der Waals surface area contributed by atoms with E-state index < -0.39 is 18.0 Å². The number of fused-ring (bicyclic) bond motifs is 2. The lowest BCUT2D eigenvalue weighted by atomic mass is 10.0. The van der Waals surface area contributed by atoms with Crippen molar-refractivity contribution in [1.82, 2.24) is 39.2 Å². The average molecular weight is 514 g/mol. The normalized spacial score (nSPS) is 20.8. The molecule has 37 heavy (non-hydrogen) atoms. The molecule has 0 spiro atoms. The second-order valence-electron chi connectivity index (χ2n) is 9.07. The van der Waals surface area contributed by atoms with Crippen LogP contribution >= 0.6 is 0 Å². The summed E-state index contributed by atoms with van der Waals surface area (Å²) in [4.78, 5) is 27.1. The Hall–Kier alpha value is -3.91. The third kappa shape index (κ3) is 4.01. The van der Waals surface area contributed by atoms with E-state index in [4.69, 9.17) is 9.47 Å². The van der Waals surface area contributed by atoms with E-state index in [0.29, 0.717) is 31.7 Å². The summed E-state index contributed by atoms with van der Waals surface area (Å²) in [6.45, 7) is 2.31. The second kappa shape index (κ2) is 9.19. The van der Waals surface area contributed by atoms with Crippen LogP contribution in [0.4, 0.5) is 14.7 Å². The van der Waals surface area contributed by atoms with E-state index in [9.17, 15) is 9.18 Å². The molecule has 2 fully saturated rings. The zero-order chi connectivity index (χ0) is 25.7. The number of imidazole rings is 1. The lowest BCUT2D eigenvalue weighted by molar-refractivity contribution is -0.0794. The van der Waals surface area contributed by atoms with Crippen LogP contribution in [0.25, 0.3) is 22.4 Å². The number of amides is 1. The molecule has 6 rings (SSSR count). The molecule has 0 saturated carbocycles. The molecular weight excluding hydrogens is 488 g/mol. The first kappa shape index (κ1) is 23.5. The van der Waals surface area contributed by atoms with Crippen molar-refractivity contribution in [1.29, 1.82) is 0 Å². The summed E-state index contributed by atoms with van der Waals surface area (Å²) in [6.07, 6.45) is 5.05. The Morgan fingerprint density at radius 1 is 1.24 bits per heavy atom. The van der Waals surface area contributed by atoms with Crippen LogP contribution in [0, 0.1) is 5.82 Å². The summed E-state index contributed by atoms with van der Waals surface area (Å²) in [7, 11) is 2.92. The van der Waals surface area contributed by atoms with Crippen LogP contribution < -0.4 is 15.4 Å². The first-order valence-electron chi connectivity index (χ1n) is 11.9. The number of rotatable bonds is 6. The fourth-order valence-corrected chi connectivity index (χ4v) is 4.82. The van der Waals surface area contributed by atoms with Gasteiger partial charge in [0.15, 0.2) is 5.82 Å². The molecule has 2 saturated heterocycles. The van der Waals surface area contributed by atoms with Gasteiger partial charge in [-0.25, -0.2) is 23.3 Å². The van der Waals surface area contributed by atoms with Gasteiger partial charge in [0.2, 0.25) is 17.6 Å². The van der Waals surface area contributed by atoms with Crippen molar-refractivity contribution in [2.24, 2.45) is 0 Å². The van der Waals surface area contributed by atoms with Gasteiger partial charge in [0, 0.05) is 38.1 Å². The molecule has 6 heterocycles. The Balaban J connectivity index is 1.33. The van der Waals surface area contributed by atoms with Crippen LogP contribution in [0.15, 0.2) is 24.8 Å². The second-order valence-corrected chi connectivity index (χ2v) is 9.07. The molecule has 0 radical (unpaired) electrons. The first-order chi connectivity index (χ1) is 18.0. The molecule has 2 aliphatic heterocycles. The first-order valence-corrected chi connectivity index (χ1v) is 11.9. The minimum absolute atomic E-state index is 0.105. The highest BCUT2D eigenvalue weighted by Gasteiger charge is 2.36. The summed E-state index contributed by atoms with van der Waals surface area (Å²) in [5.41, 5.74) is 1.04. The fraction of sp³-hybridized carbons (Fsp3) is 0.435. The average Bonchev–Trinajstić information content (AvgIpc) is 3.43. The number of anilines is 1. The van der Waals surface area contributed by atoms with E-state index in [2.05, 4.69) is 35.6 Å². The molecule has 1 amide bonds. The minimum atomic E-state index is -1.13. The van der Waals surface area contributed by atoms with Gasteiger partial charge in [0.25, 0.3) is 5.91 Å². The SMILES string of the molecule is CNC(=O)c1cnc2ncc(-c3c(F)cn4nc(N[C@@H]5CCN(C6COC6)C[C@H]5F)nc(OC)c34)cn12. The summed E-state index contributed by atoms with van der Waals surface area (Å²) in [5, 5.41) is 9.99. The summed E-state index contributed by atoms with van der Waals surface area (Å²) in [5.74, 6) is -0.426. The topological polar surface area (TPSA) is 123 Å². The molecule has 2 atom stereocenters. The zero-order valence-electron chi connectivity index (χ0n) is 20.2. The highest BCUT2D eigenvalue weighted by atomic mass is 19.1. The molecule has 2 N–H and O–H groups in total. The van der Waals surface area contributed by atoms with Gasteiger partial charge in [-0.15, -0.1) is 5.10 Å². The smallest absolute Gasteiger partial charge is 0.269 e. The molecule has 194 valence electrons. The van der Waals surface area contributed by atoms with Crippen LogP contribution in [0.2, 0.25) is 0 Å². The Labute approximate surface area is 209 Å². The number of hydrogen-bond acceptors (Lipinski definition) is 9. The Morgan fingerprint density at radius 2 is 2.05 bits per heavy atom. The summed E-state index contributed by atoms with van der Waals surface area (Å²) in [6, 6.07) is -0.216. The predicted molar refractivity (Wildman–Crippen MR) is 128 cm³/mol. The van der Waals surface area contributed by atoms with E-state index in [-0.39, 0.29) is 46.3 Å². The van der Waals surface area contributed by atoms with Gasteiger partial charge >= 0.3 is 0 Å². The Morgan fingerprint density at radius 3 is 2.76 bits per heavy atom. The van der Waals surface area contributed by atoms with Crippen LogP contribution in [0.1, 0.15) is 16.9 Å². The number of nitrogens with one attached hydrogen (secondary N) is 2. The van der Waals surface area contributed by atoms with Crippen LogP contribution in [-0.4, -0.2) is 98.5 Å². The molecule has 12 nitrogen and oxygen atoms in total. The quantitative estimate of drug-likeness (QED) is 0.391. The monoisotopic (exact) mass is 513 g/mol. The van der Waals surface area contributed by atoms with E-state index in [1.165, 1.54) is 41.7 Å². The number of halogens is 2. The molecule has 0 aromatic carbocycles. The molecular formula is C23H25F2N9O3. The minimum Gasteiger partial charge on any atom is -0.479 e. The highest BCUT2D eigenvalue weighted by Crippen LogP contribution is 2.34. The molecule has 0 bridgehead atoms. The van der Waals surface area contributed by atoms with Crippen LogP contribution in [0.3, 0.4) is 0 Å². The maximum absolute atomic E-state index is 15.3. The summed E-state index contributed by atoms with van der Waals surface area (Å²) < 4.78 is 43.8. The largest absolute Gasteiger partial charge is 0.479 e. The van der Waals surface area contributed by atoms with E-state index in [1.54, 1.807) is 6.20 Å². The molecule has 14 heteroatoms. The number of carbonyl (C=O) groups is 1. The number of alkyl halides is 1. The number of likely N-dealkylation sites (tertiary alicyclic amines) is 1. The number of piperidine rings is 1.